The molecule has 4 rings (SSSR count). The number of fused-ring (bicyclic) bond motifs is 1. The van der Waals surface area contributed by atoms with Crippen molar-refractivity contribution in [3.05, 3.63) is 23.8 Å². The Morgan fingerprint density at radius 3 is 2.62 bits per heavy atom. The van der Waals surface area contributed by atoms with Crippen LogP contribution >= 0.6 is 0 Å². The Hall–Kier alpha value is -2.24. The molecule has 2 atom stereocenters. The Labute approximate surface area is 153 Å². The first-order valence-corrected chi connectivity index (χ1v) is 9.52. The van der Waals surface area contributed by atoms with E-state index in [9.17, 15) is 9.59 Å². The largest absolute Gasteiger partial charge is 0.486 e. The predicted molar refractivity (Wildman–Crippen MR) is 96.0 cm³/mol. The van der Waals surface area contributed by atoms with E-state index in [0.29, 0.717) is 32.2 Å². The quantitative estimate of drug-likeness (QED) is 0.877. The summed E-state index contributed by atoms with van der Waals surface area (Å²) < 4.78 is 11.2. The Balaban J connectivity index is 1.47. The minimum absolute atomic E-state index is 0.0323. The van der Waals surface area contributed by atoms with Crippen LogP contribution < -0.4 is 14.8 Å². The normalized spacial score (nSPS) is 23.3. The van der Waals surface area contributed by atoms with Gasteiger partial charge in [-0.3, -0.25) is 9.59 Å². The molecule has 2 aliphatic heterocycles. The third-order valence-electron chi connectivity index (χ3n) is 5.41. The lowest BCUT2D eigenvalue weighted by Gasteiger charge is -2.26. The Morgan fingerprint density at radius 1 is 1.19 bits per heavy atom. The van der Waals surface area contributed by atoms with Crippen molar-refractivity contribution in [2.45, 2.75) is 45.2 Å². The Bertz CT molecular complexity index is 714. The lowest BCUT2D eigenvalue weighted by atomic mass is 9.94. The van der Waals surface area contributed by atoms with Crippen molar-refractivity contribution in [1.29, 1.82) is 0 Å². The van der Waals surface area contributed by atoms with Crippen LogP contribution in [0.1, 0.15) is 44.7 Å². The van der Waals surface area contributed by atoms with E-state index >= 15 is 0 Å². The number of ether oxygens (including phenoxy) is 2. The zero-order valence-electron chi connectivity index (χ0n) is 15.4. The highest BCUT2D eigenvalue weighted by atomic mass is 16.6. The lowest BCUT2D eigenvalue weighted by Crippen LogP contribution is -2.37. The summed E-state index contributed by atoms with van der Waals surface area (Å²) >= 11 is 0. The van der Waals surface area contributed by atoms with Crippen LogP contribution in [0.3, 0.4) is 0 Å². The molecule has 2 amide bonds. The number of hydrogen-bond donors (Lipinski definition) is 1. The summed E-state index contributed by atoms with van der Waals surface area (Å²) in [6.45, 7) is 5.82. The molecule has 0 aromatic heterocycles. The van der Waals surface area contributed by atoms with Crippen LogP contribution in [0.2, 0.25) is 0 Å². The molecule has 2 fully saturated rings. The molecule has 6 nitrogen and oxygen atoms in total. The van der Waals surface area contributed by atoms with Gasteiger partial charge in [-0.1, -0.05) is 19.9 Å². The van der Waals surface area contributed by atoms with Gasteiger partial charge in [-0.15, -0.1) is 0 Å². The summed E-state index contributed by atoms with van der Waals surface area (Å²) in [5.41, 5.74) is 1.00. The van der Waals surface area contributed by atoms with E-state index in [1.54, 1.807) is 0 Å². The van der Waals surface area contributed by atoms with Gasteiger partial charge in [0.1, 0.15) is 13.2 Å². The van der Waals surface area contributed by atoms with Crippen LogP contribution in [0.4, 0.5) is 0 Å². The second-order valence-corrected chi connectivity index (χ2v) is 7.81. The van der Waals surface area contributed by atoms with Gasteiger partial charge in [0.05, 0.1) is 12.0 Å². The summed E-state index contributed by atoms with van der Waals surface area (Å²) in [5, 5.41) is 3.17. The molecule has 1 aliphatic carbocycles. The fourth-order valence-electron chi connectivity index (χ4n) is 3.81. The average Bonchev–Trinajstić information content (AvgIpc) is 3.40. The highest BCUT2D eigenvalue weighted by Gasteiger charge is 2.42. The molecule has 26 heavy (non-hydrogen) atoms. The second kappa shape index (κ2) is 6.82. The van der Waals surface area contributed by atoms with Crippen LogP contribution in [0, 0.1) is 11.8 Å². The molecule has 0 radical (unpaired) electrons. The van der Waals surface area contributed by atoms with Crippen molar-refractivity contribution in [1.82, 2.24) is 10.2 Å². The van der Waals surface area contributed by atoms with Crippen LogP contribution in [-0.2, 0) is 9.59 Å². The lowest BCUT2D eigenvalue weighted by molar-refractivity contribution is -0.129. The van der Waals surface area contributed by atoms with Gasteiger partial charge in [-0.25, -0.2) is 0 Å². The average molecular weight is 358 g/mol. The van der Waals surface area contributed by atoms with Gasteiger partial charge in [0, 0.05) is 19.0 Å². The molecule has 1 N–H and O–H groups in total. The third kappa shape index (κ3) is 3.37. The van der Waals surface area contributed by atoms with Crippen LogP contribution in [-0.4, -0.2) is 42.5 Å². The van der Waals surface area contributed by atoms with E-state index in [4.69, 9.17) is 9.47 Å². The minimum atomic E-state index is -0.249. The van der Waals surface area contributed by atoms with E-state index in [1.807, 2.05) is 23.1 Å². The highest BCUT2D eigenvalue weighted by Crippen LogP contribution is 2.35. The van der Waals surface area contributed by atoms with Gasteiger partial charge >= 0.3 is 0 Å². The van der Waals surface area contributed by atoms with E-state index < -0.39 is 0 Å². The summed E-state index contributed by atoms with van der Waals surface area (Å²) in [6.07, 6.45) is 2.48. The van der Waals surface area contributed by atoms with Crippen molar-refractivity contribution in [2.75, 3.05) is 19.8 Å². The number of nitrogens with zero attached hydrogens (tertiary/aromatic N) is 1. The number of hydrogen-bond acceptors (Lipinski definition) is 4. The van der Waals surface area contributed by atoms with E-state index in [0.717, 1.165) is 29.9 Å². The zero-order chi connectivity index (χ0) is 18.3. The highest BCUT2D eigenvalue weighted by molar-refractivity contribution is 5.89. The van der Waals surface area contributed by atoms with Crippen molar-refractivity contribution >= 4 is 11.8 Å². The Morgan fingerprint density at radius 2 is 1.92 bits per heavy atom. The smallest absolute Gasteiger partial charge is 0.225 e. The molecule has 2 unspecified atom stereocenters. The number of rotatable bonds is 5. The molecule has 2 heterocycles. The fourth-order valence-corrected chi connectivity index (χ4v) is 3.81. The number of likely N-dealkylation sites (tertiary alicyclic amines) is 1. The number of nitrogens with one attached hydrogen (secondary N) is 1. The first kappa shape index (κ1) is 17.2. The van der Waals surface area contributed by atoms with Gasteiger partial charge < -0.3 is 19.7 Å². The van der Waals surface area contributed by atoms with Gasteiger partial charge in [0.2, 0.25) is 11.8 Å². The van der Waals surface area contributed by atoms with Crippen molar-refractivity contribution in [2.24, 2.45) is 11.8 Å². The maximum Gasteiger partial charge on any atom is 0.225 e. The van der Waals surface area contributed by atoms with Gasteiger partial charge in [-0.2, -0.15) is 0 Å². The molecule has 1 aromatic carbocycles. The molecular weight excluding hydrogens is 332 g/mol. The minimum Gasteiger partial charge on any atom is -0.486 e. The molecule has 1 aromatic rings. The second-order valence-electron chi connectivity index (χ2n) is 7.81. The standard InChI is InChI=1S/C20H26N2O4/c1-12(2)19(13-3-6-16-17(9-13)26-8-7-25-16)21-20(24)14-10-18(23)22(11-14)15-4-5-15/h3,6,9,12,14-15,19H,4-5,7-8,10-11H2,1-2H3,(H,21,24). The van der Waals surface area contributed by atoms with Gasteiger partial charge in [-0.05, 0) is 36.5 Å². The maximum atomic E-state index is 12.8. The zero-order valence-corrected chi connectivity index (χ0v) is 15.4. The number of carbonyl (C=O) groups is 2. The molecule has 140 valence electrons. The maximum absolute atomic E-state index is 12.8. The molecular formula is C20H26N2O4. The third-order valence-corrected chi connectivity index (χ3v) is 5.41. The van der Waals surface area contributed by atoms with Crippen molar-refractivity contribution in [3.63, 3.8) is 0 Å². The summed E-state index contributed by atoms with van der Waals surface area (Å²) in [4.78, 5) is 26.8. The first-order valence-electron chi connectivity index (χ1n) is 9.52. The van der Waals surface area contributed by atoms with E-state index in [-0.39, 0.29) is 29.7 Å². The van der Waals surface area contributed by atoms with Gasteiger partial charge in [0.15, 0.2) is 11.5 Å². The number of benzene rings is 1. The molecule has 1 saturated heterocycles. The molecule has 0 spiro atoms. The SMILES string of the molecule is CC(C)C(NC(=O)C1CC(=O)N(C2CC2)C1)c1ccc2c(c1)OCCO2. The van der Waals surface area contributed by atoms with Crippen LogP contribution in [0.5, 0.6) is 11.5 Å². The van der Waals surface area contributed by atoms with E-state index in [1.165, 1.54) is 0 Å². The summed E-state index contributed by atoms with van der Waals surface area (Å²) in [6, 6.07) is 6.09. The topological polar surface area (TPSA) is 67.9 Å². The van der Waals surface area contributed by atoms with Crippen LogP contribution in [0.15, 0.2) is 18.2 Å². The Kier molecular flexibility index (Phi) is 4.51. The number of amides is 2. The molecule has 1 saturated carbocycles. The number of carbonyl (C=O) groups excluding carboxylic acids is 2. The predicted octanol–water partition coefficient (Wildman–Crippen LogP) is 2.28. The van der Waals surface area contributed by atoms with Gasteiger partial charge in [0.25, 0.3) is 0 Å². The molecule has 3 aliphatic rings. The summed E-state index contributed by atoms with van der Waals surface area (Å²) in [7, 11) is 0. The molecule has 6 heteroatoms. The van der Waals surface area contributed by atoms with Crippen molar-refractivity contribution in [3.8, 4) is 11.5 Å². The van der Waals surface area contributed by atoms with Crippen molar-refractivity contribution < 1.29 is 19.1 Å². The van der Waals surface area contributed by atoms with E-state index in [2.05, 4.69) is 19.2 Å². The fraction of sp³-hybridized carbons (Fsp3) is 0.600. The molecule has 0 bridgehead atoms. The monoisotopic (exact) mass is 358 g/mol. The summed E-state index contributed by atoms with van der Waals surface area (Å²) in [5.74, 6) is 1.53. The first-order chi connectivity index (χ1) is 12.5. The van der Waals surface area contributed by atoms with Crippen LogP contribution in [0.25, 0.3) is 0 Å².